The maximum Gasteiger partial charge on any atom is 0.264 e. The summed E-state index contributed by atoms with van der Waals surface area (Å²) in [4.78, 5) is 29.1. The van der Waals surface area contributed by atoms with Crippen molar-refractivity contribution in [2.45, 2.75) is 62.6 Å². The molecule has 0 bridgehead atoms. The van der Waals surface area contributed by atoms with Crippen molar-refractivity contribution in [3.8, 4) is 0 Å². The van der Waals surface area contributed by atoms with Crippen LogP contribution in [0.3, 0.4) is 0 Å². The number of hydrogen-bond acceptors (Lipinski definition) is 4. The zero-order valence-corrected chi connectivity index (χ0v) is 26.7. The van der Waals surface area contributed by atoms with Gasteiger partial charge in [0.15, 0.2) is 0 Å². The molecular weight excluding hydrogens is 640 g/mol. The fraction of sp³-hybridized carbons (Fsp3) is 0.333. The molecule has 1 N–H and O–H groups in total. The van der Waals surface area contributed by atoms with E-state index in [2.05, 4.69) is 5.32 Å². The fourth-order valence-corrected chi connectivity index (χ4v) is 7.05. The summed E-state index contributed by atoms with van der Waals surface area (Å²) in [5.41, 5.74) is 0.788. The number of nitrogens with one attached hydrogen (secondary N) is 1. The third-order valence-corrected chi connectivity index (χ3v) is 10.5. The summed E-state index contributed by atoms with van der Waals surface area (Å²) in [5.74, 6) is -0.870. The number of halogens is 4. The van der Waals surface area contributed by atoms with Gasteiger partial charge in [0.1, 0.15) is 12.6 Å². The van der Waals surface area contributed by atoms with Gasteiger partial charge in [0.2, 0.25) is 11.8 Å². The topological polar surface area (TPSA) is 86.8 Å². The molecular formula is C30H31Cl4N3O4S. The first-order chi connectivity index (χ1) is 20.0. The van der Waals surface area contributed by atoms with Gasteiger partial charge in [-0.2, -0.15) is 0 Å². The summed E-state index contributed by atoms with van der Waals surface area (Å²) in [6.07, 6.45) is 4.13. The standard InChI is InChI=1S/C30H31Cl4N3O4S/c1-2-28(30(39)35-21-8-6-7-9-21)36(18-20-12-14-24(31)26(33)16-20)29(38)19-37(22-13-15-25(32)27(34)17-22)42(40,41)23-10-4-3-5-11-23/h3-5,10-17,21,28H,2,6-9,18-19H2,1H3,(H,35,39)/t28-/m0/s1. The van der Waals surface area contributed by atoms with Crippen molar-refractivity contribution in [3.05, 3.63) is 92.4 Å². The Balaban J connectivity index is 1.73. The van der Waals surface area contributed by atoms with Gasteiger partial charge < -0.3 is 10.2 Å². The minimum Gasteiger partial charge on any atom is -0.352 e. The average molecular weight is 671 g/mol. The summed E-state index contributed by atoms with van der Waals surface area (Å²) < 4.78 is 28.8. The smallest absolute Gasteiger partial charge is 0.264 e. The van der Waals surface area contributed by atoms with Crippen molar-refractivity contribution in [3.63, 3.8) is 0 Å². The molecule has 12 heteroatoms. The first-order valence-corrected chi connectivity index (χ1v) is 16.5. The predicted molar refractivity (Wildman–Crippen MR) is 169 cm³/mol. The Morgan fingerprint density at radius 2 is 1.50 bits per heavy atom. The van der Waals surface area contributed by atoms with E-state index in [1.54, 1.807) is 36.4 Å². The van der Waals surface area contributed by atoms with E-state index in [1.165, 1.54) is 35.2 Å². The normalized spacial score (nSPS) is 14.4. The zero-order chi connectivity index (χ0) is 30.4. The van der Waals surface area contributed by atoms with Crippen LogP contribution in [0.5, 0.6) is 0 Å². The molecule has 1 aliphatic carbocycles. The van der Waals surface area contributed by atoms with E-state index in [0.717, 1.165) is 30.0 Å². The maximum absolute atomic E-state index is 14.2. The number of sulfonamides is 1. The Bertz CT molecular complexity index is 1530. The van der Waals surface area contributed by atoms with Crippen LogP contribution in [-0.2, 0) is 26.2 Å². The molecule has 3 aromatic rings. The first-order valence-electron chi connectivity index (χ1n) is 13.6. The number of carbonyl (C=O) groups is 2. The van der Waals surface area contributed by atoms with Crippen molar-refractivity contribution in [1.29, 1.82) is 0 Å². The Kier molecular flexibility index (Phi) is 11.1. The van der Waals surface area contributed by atoms with Gasteiger partial charge in [-0.25, -0.2) is 8.42 Å². The highest BCUT2D eigenvalue weighted by Crippen LogP contribution is 2.31. The molecule has 0 saturated heterocycles. The minimum absolute atomic E-state index is 0.00686. The summed E-state index contributed by atoms with van der Waals surface area (Å²) in [7, 11) is -4.22. The number of carbonyl (C=O) groups excluding carboxylic acids is 2. The van der Waals surface area contributed by atoms with Crippen LogP contribution in [0.1, 0.15) is 44.6 Å². The van der Waals surface area contributed by atoms with Crippen molar-refractivity contribution >= 4 is 73.9 Å². The van der Waals surface area contributed by atoms with E-state index in [9.17, 15) is 18.0 Å². The largest absolute Gasteiger partial charge is 0.352 e. The van der Waals surface area contributed by atoms with E-state index in [1.807, 2.05) is 6.92 Å². The molecule has 2 amide bonds. The second kappa shape index (κ2) is 14.3. The van der Waals surface area contributed by atoms with E-state index in [-0.39, 0.29) is 39.1 Å². The number of rotatable bonds is 11. The molecule has 0 unspecified atom stereocenters. The van der Waals surface area contributed by atoms with E-state index >= 15 is 0 Å². The van der Waals surface area contributed by atoms with Gasteiger partial charge in [0, 0.05) is 12.6 Å². The van der Waals surface area contributed by atoms with Gasteiger partial charge in [0.25, 0.3) is 10.0 Å². The van der Waals surface area contributed by atoms with Crippen LogP contribution < -0.4 is 9.62 Å². The highest BCUT2D eigenvalue weighted by Gasteiger charge is 2.34. The van der Waals surface area contributed by atoms with E-state index < -0.39 is 28.5 Å². The molecule has 0 heterocycles. The predicted octanol–water partition coefficient (Wildman–Crippen LogP) is 7.36. The van der Waals surface area contributed by atoms with Crippen LogP contribution in [0.2, 0.25) is 20.1 Å². The van der Waals surface area contributed by atoms with Crippen LogP contribution in [0, 0.1) is 0 Å². The van der Waals surface area contributed by atoms with Crippen LogP contribution in [-0.4, -0.2) is 43.8 Å². The molecule has 0 aromatic heterocycles. The molecule has 7 nitrogen and oxygen atoms in total. The molecule has 3 aromatic carbocycles. The van der Waals surface area contributed by atoms with Gasteiger partial charge in [0.05, 0.1) is 30.7 Å². The monoisotopic (exact) mass is 669 g/mol. The lowest BCUT2D eigenvalue weighted by Crippen LogP contribution is -2.53. The third-order valence-electron chi connectivity index (χ3n) is 7.23. The van der Waals surface area contributed by atoms with Crippen molar-refractivity contribution < 1.29 is 18.0 Å². The second-order valence-electron chi connectivity index (χ2n) is 10.1. The molecule has 0 radical (unpaired) electrons. The SMILES string of the molecule is CC[C@@H](C(=O)NC1CCCC1)N(Cc1ccc(Cl)c(Cl)c1)C(=O)CN(c1ccc(Cl)c(Cl)c1)S(=O)(=O)c1ccccc1. The molecule has 1 aliphatic rings. The summed E-state index contributed by atoms with van der Waals surface area (Å²) in [6.45, 7) is 1.22. The Labute approximate surface area is 266 Å². The second-order valence-corrected chi connectivity index (χ2v) is 13.6. The molecule has 4 rings (SSSR count). The third kappa shape index (κ3) is 7.71. The van der Waals surface area contributed by atoms with Gasteiger partial charge in [-0.05, 0) is 67.3 Å². The average Bonchev–Trinajstić information content (AvgIpc) is 3.48. The van der Waals surface area contributed by atoms with Crippen LogP contribution in [0.4, 0.5) is 5.69 Å². The lowest BCUT2D eigenvalue weighted by atomic mass is 10.1. The highest BCUT2D eigenvalue weighted by molar-refractivity contribution is 7.92. The Hall–Kier alpha value is -2.49. The van der Waals surface area contributed by atoms with E-state index in [4.69, 9.17) is 46.4 Å². The van der Waals surface area contributed by atoms with Gasteiger partial charge in [-0.1, -0.05) is 90.4 Å². The lowest BCUT2D eigenvalue weighted by Gasteiger charge is -2.34. The minimum atomic E-state index is -4.22. The summed E-state index contributed by atoms with van der Waals surface area (Å²) in [6, 6.07) is 16.3. The van der Waals surface area contributed by atoms with Gasteiger partial charge >= 0.3 is 0 Å². The summed E-state index contributed by atoms with van der Waals surface area (Å²) >= 11 is 24.7. The molecule has 42 heavy (non-hydrogen) atoms. The molecule has 1 saturated carbocycles. The van der Waals surface area contributed by atoms with Gasteiger partial charge in [-0.15, -0.1) is 0 Å². The van der Waals surface area contributed by atoms with Crippen LogP contribution in [0.25, 0.3) is 0 Å². The fourth-order valence-electron chi connectivity index (χ4n) is 5.01. The number of hydrogen-bond donors (Lipinski definition) is 1. The summed E-state index contributed by atoms with van der Waals surface area (Å²) in [5, 5.41) is 4.10. The maximum atomic E-state index is 14.2. The van der Waals surface area contributed by atoms with Crippen LogP contribution >= 0.6 is 46.4 Å². The lowest BCUT2D eigenvalue weighted by molar-refractivity contribution is -0.140. The number of anilines is 1. The quantitative estimate of drug-likeness (QED) is 0.231. The molecule has 224 valence electrons. The van der Waals surface area contributed by atoms with Crippen LogP contribution in [0.15, 0.2) is 71.6 Å². The zero-order valence-electron chi connectivity index (χ0n) is 22.9. The first kappa shape index (κ1) is 32.4. The Morgan fingerprint density at radius 1 is 0.881 bits per heavy atom. The Morgan fingerprint density at radius 3 is 2.10 bits per heavy atom. The number of amides is 2. The molecule has 1 fully saturated rings. The number of nitrogens with zero attached hydrogens (tertiary/aromatic N) is 2. The molecule has 1 atom stereocenters. The van der Waals surface area contributed by atoms with Crippen molar-refractivity contribution in [2.24, 2.45) is 0 Å². The molecule has 0 aliphatic heterocycles. The highest BCUT2D eigenvalue weighted by atomic mass is 35.5. The number of benzene rings is 3. The van der Waals surface area contributed by atoms with E-state index in [0.29, 0.717) is 22.0 Å². The van der Waals surface area contributed by atoms with Crippen molar-refractivity contribution in [1.82, 2.24) is 10.2 Å². The van der Waals surface area contributed by atoms with Gasteiger partial charge in [-0.3, -0.25) is 13.9 Å². The van der Waals surface area contributed by atoms with Crippen molar-refractivity contribution in [2.75, 3.05) is 10.8 Å². The molecule has 0 spiro atoms.